The van der Waals surface area contributed by atoms with Crippen LogP contribution in [-0.4, -0.2) is 56.1 Å². The molecule has 0 spiro atoms. The summed E-state index contributed by atoms with van der Waals surface area (Å²) in [6.07, 6.45) is 0. The van der Waals surface area contributed by atoms with Crippen LogP contribution in [0.1, 0.15) is 21.5 Å². The zero-order chi connectivity index (χ0) is 20.1. The van der Waals surface area contributed by atoms with Crippen molar-refractivity contribution in [2.75, 3.05) is 40.4 Å². The van der Waals surface area contributed by atoms with Gasteiger partial charge in [-0.1, -0.05) is 6.07 Å². The van der Waals surface area contributed by atoms with Gasteiger partial charge in [-0.05, 0) is 30.3 Å². The molecule has 2 aromatic rings. The normalized spacial score (nSPS) is 14.4. The number of hydrogen-bond acceptors (Lipinski definition) is 5. The molecule has 0 N–H and O–H groups in total. The summed E-state index contributed by atoms with van der Waals surface area (Å²) in [7, 11) is 3.09. The number of carbonyl (C=O) groups is 1. The number of halogens is 1. The third-order valence-electron chi connectivity index (χ3n) is 4.87. The van der Waals surface area contributed by atoms with Crippen molar-refractivity contribution >= 4 is 5.91 Å². The topological polar surface area (TPSA) is 65.8 Å². The summed E-state index contributed by atoms with van der Waals surface area (Å²) in [6, 6.07) is 11.6. The van der Waals surface area contributed by atoms with Crippen molar-refractivity contribution in [3.8, 4) is 17.6 Å². The minimum atomic E-state index is -0.372. The molecule has 7 heteroatoms. The van der Waals surface area contributed by atoms with E-state index in [1.165, 1.54) is 13.2 Å². The van der Waals surface area contributed by atoms with E-state index in [4.69, 9.17) is 14.7 Å². The molecule has 1 aliphatic rings. The maximum absolute atomic E-state index is 14.1. The smallest absolute Gasteiger partial charge is 0.254 e. The highest BCUT2D eigenvalue weighted by Crippen LogP contribution is 2.28. The molecule has 2 aromatic carbocycles. The van der Waals surface area contributed by atoms with Gasteiger partial charge in [-0.25, -0.2) is 4.39 Å². The average Bonchev–Trinajstić information content (AvgIpc) is 2.74. The maximum atomic E-state index is 14.1. The quantitative estimate of drug-likeness (QED) is 0.794. The molecule has 1 fully saturated rings. The lowest BCUT2D eigenvalue weighted by Crippen LogP contribution is -2.48. The molecule has 1 saturated heterocycles. The van der Waals surface area contributed by atoms with Crippen LogP contribution in [0.2, 0.25) is 0 Å². The first kappa shape index (κ1) is 19.6. The molecule has 0 bridgehead atoms. The molecular weight excluding hydrogens is 361 g/mol. The van der Waals surface area contributed by atoms with Gasteiger partial charge in [0.25, 0.3) is 5.91 Å². The number of amides is 1. The van der Waals surface area contributed by atoms with E-state index in [0.717, 1.165) is 0 Å². The molecule has 3 rings (SSSR count). The van der Waals surface area contributed by atoms with Crippen molar-refractivity contribution in [3.05, 3.63) is 58.9 Å². The number of benzene rings is 2. The van der Waals surface area contributed by atoms with Crippen LogP contribution in [0.3, 0.4) is 0 Å². The number of carbonyl (C=O) groups excluding carboxylic acids is 1. The predicted molar refractivity (Wildman–Crippen MR) is 102 cm³/mol. The fourth-order valence-electron chi connectivity index (χ4n) is 3.25. The average molecular weight is 383 g/mol. The number of rotatable bonds is 5. The Kier molecular flexibility index (Phi) is 6.12. The lowest BCUT2D eigenvalue weighted by molar-refractivity contribution is 0.0626. The van der Waals surface area contributed by atoms with Crippen molar-refractivity contribution in [2.45, 2.75) is 6.54 Å². The molecule has 1 heterocycles. The van der Waals surface area contributed by atoms with Crippen molar-refractivity contribution in [1.29, 1.82) is 5.26 Å². The number of piperazine rings is 1. The van der Waals surface area contributed by atoms with Crippen molar-refractivity contribution in [2.24, 2.45) is 0 Å². The number of methoxy groups -OCH3 is 2. The highest BCUT2D eigenvalue weighted by Gasteiger charge is 2.23. The van der Waals surface area contributed by atoms with Crippen LogP contribution in [0.25, 0.3) is 0 Å². The second-order valence-corrected chi connectivity index (χ2v) is 6.56. The van der Waals surface area contributed by atoms with Gasteiger partial charge in [0.2, 0.25) is 0 Å². The minimum Gasteiger partial charge on any atom is -0.493 e. The first-order valence-corrected chi connectivity index (χ1v) is 8.98. The Morgan fingerprint density at radius 1 is 1.07 bits per heavy atom. The first-order valence-electron chi connectivity index (χ1n) is 8.98. The number of nitrogens with zero attached hydrogens (tertiary/aromatic N) is 3. The van der Waals surface area contributed by atoms with Gasteiger partial charge in [0, 0.05) is 43.9 Å². The SMILES string of the molecule is COc1ccc(C(=O)N2CCN(Cc3ccc(C#N)cc3F)CC2)cc1OC. The molecule has 0 aliphatic carbocycles. The second kappa shape index (κ2) is 8.72. The van der Waals surface area contributed by atoms with E-state index in [1.54, 1.807) is 42.3 Å². The molecule has 1 amide bonds. The number of nitriles is 1. The molecule has 146 valence electrons. The van der Waals surface area contributed by atoms with Gasteiger partial charge in [-0.2, -0.15) is 5.26 Å². The van der Waals surface area contributed by atoms with Gasteiger partial charge in [-0.15, -0.1) is 0 Å². The summed E-state index contributed by atoms with van der Waals surface area (Å²) in [5.74, 6) is 0.657. The number of hydrogen-bond donors (Lipinski definition) is 0. The van der Waals surface area contributed by atoms with Crippen LogP contribution < -0.4 is 9.47 Å². The Hall–Kier alpha value is -3.11. The van der Waals surface area contributed by atoms with Crippen LogP contribution in [0.15, 0.2) is 36.4 Å². The van der Waals surface area contributed by atoms with Crippen molar-refractivity contribution in [3.63, 3.8) is 0 Å². The van der Waals surface area contributed by atoms with Crippen molar-refractivity contribution in [1.82, 2.24) is 9.80 Å². The van der Waals surface area contributed by atoms with Gasteiger partial charge in [0.1, 0.15) is 5.82 Å². The van der Waals surface area contributed by atoms with Crippen LogP contribution in [0.4, 0.5) is 4.39 Å². The van der Waals surface area contributed by atoms with Crippen LogP contribution in [0, 0.1) is 17.1 Å². The molecule has 28 heavy (non-hydrogen) atoms. The molecule has 0 saturated carbocycles. The van der Waals surface area contributed by atoms with Crippen LogP contribution >= 0.6 is 0 Å². The standard InChI is InChI=1S/C21H22FN3O3/c1-27-19-6-5-16(12-20(19)28-2)21(26)25-9-7-24(8-10-25)14-17-4-3-15(13-23)11-18(17)22/h3-6,11-12H,7-10,14H2,1-2H3. The van der Waals surface area contributed by atoms with Crippen molar-refractivity contribution < 1.29 is 18.7 Å². The van der Waals surface area contributed by atoms with Gasteiger partial charge in [0.15, 0.2) is 11.5 Å². The molecule has 0 atom stereocenters. The maximum Gasteiger partial charge on any atom is 0.254 e. The van der Waals surface area contributed by atoms with Crippen LogP contribution in [0.5, 0.6) is 11.5 Å². The fourth-order valence-corrected chi connectivity index (χ4v) is 3.25. The molecule has 6 nitrogen and oxygen atoms in total. The van der Waals surface area contributed by atoms with Gasteiger partial charge >= 0.3 is 0 Å². The lowest BCUT2D eigenvalue weighted by Gasteiger charge is -2.35. The predicted octanol–water partition coefficient (Wildman–Crippen LogP) is 2.67. The van der Waals surface area contributed by atoms with E-state index in [9.17, 15) is 9.18 Å². The summed E-state index contributed by atoms with van der Waals surface area (Å²) in [6.45, 7) is 2.88. The van der Waals surface area contributed by atoms with Gasteiger partial charge in [-0.3, -0.25) is 9.69 Å². The second-order valence-electron chi connectivity index (χ2n) is 6.56. The Morgan fingerprint density at radius 2 is 1.79 bits per heavy atom. The number of ether oxygens (including phenoxy) is 2. The minimum absolute atomic E-state index is 0.0647. The van der Waals surface area contributed by atoms with E-state index in [1.807, 2.05) is 6.07 Å². The Balaban J connectivity index is 1.61. The molecule has 0 aromatic heterocycles. The van der Waals surface area contributed by atoms with E-state index < -0.39 is 0 Å². The summed E-state index contributed by atoms with van der Waals surface area (Å²) >= 11 is 0. The highest BCUT2D eigenvalue weighted by atomic mass is 19.1. The first-order chi connectivity index (χ1) is 13.5. The summed E-state index contributed by atoms with van der Waals surface area (Å²) < 4.78 is 24.6. The Morgan fingerprint density at radius 3 is 2.39 bits per heavy atom. The Bertz CT molecular complexity index is 902. The molecule has 1 aliphatic heterocycles. The molecule has 0 radical (unpaired) electrons. The van der Waals surface area contributed by atoms with Crippen LogP contribution in [-0.2, 0) is 6.54 Å². The molecular formula is C21H22FN3O3. The summed E-state index contributed by atoms with van der Waals surface area (Å²) in [5, 5.41) is 8.83. The van der Waals surface area contributed by atoms with Gasteiger partial charge < -0.3 is 14.4 Å². The third-order valence-corrected chi connectivity index (χ3v) is 4.87. The van der Waals surface area contributed by atoms with E-state index >= 15 is 0 Å². The lowest BCUT2D eigenvalue weighted by atomic mass is 10.1. The largest absolute Gasteiger partial charge is 0.493 e. The Labute approximate surface area is 163 Å². The fraction of sp³-hybridized carbons (Fsp3) is 0.333. The molecule has 0 unspecified atom stereocenters. The summed E-state index contributed by atoms with van der Waals surface area (Å²) in [5.41, 5.74) is 1.41. The van der Waals surface area contributed by atoms with E-state index in [-0.39, 0.29) is 11.7 Å². The zero-order valence-corrected chi connectivity index (χ0v) is 15.9. The van der Waals surface area contributed by atoms with E-state index in [2.05, 4.69) is 4.90 Å². The van der Waals surface area contributed by atoms with Gasteiger partial charge in [0.05, 0.1) is 25.9 Å². The van der Waals surface area contributed by atoms with E-state index in [0.29, 0.717) is 60.9 Å². The highest BCUT2D eigenvalue weighted by molar-refractivity contribution is 5.95. The summed E-state index contributed by atoms with van der Waals surface area (Å²) in [4.78, 5) is 16.7. The zero-order valence-electron chi connectivity index (χ0n) is 15.9. The third kappa shape index (κ3) is 4.24. The monoisotopic (exact) mass is 383 g/mol.